The number of carbonyl (C=O) groups excluding carboxylic acids is 1. The number of nitrogens with one attached hydrogen (secondary N) is 1. The highest BCUT2D eigenvalue weighted by molar-refractivity contribution is 5.86. The number of hydrogen-bond donors (Lipinski definition) is 2. The first-order valence-corrected chi connectivity index (χ1v) is 11.9. The molecule has 1 amide bonds. The smallest absolute Gasteiger partial charge is 0.395 e. The van der Waals surface area contributed by atoms with Crippen molar-refractivity contribution in [3.63, 3.8) is 0 Å². The van der Waals surface area contributed by atoms with Crippen molar-refractivity contribution in [2.45, 2.75) is 25.1 Å². The summed E-state index contributed by atoms with van der Waals surface area (Å²) in [6.45, 7) is 3.51. The average Bonchev–Trinajstić information content (AvgIpc) is 2.84. The Morgan fingerprint density at radius 3 is 2.39 bits per heavy atom. The molecule has 12 heteroatoms. The molecule has 9 nitrogen and oxygen atoms in total. The Bertz CT molecular complexity index is 1100. The number of nitrogens with zero attached hydrogens (tertiary/aromatic N) is 6. The zero-order valence-electron chi connectivity index (χ0n) is 19.7. The van der Waals surface area contributed by atoms with Crippen LogP contribution in [-0.2, 0) is 17.4 Å². The fourth-order valence-corrected chi connectivity index (χ4v) is 4.33. The van der Waals surface area contributed by atoms with E-state index in [-0.39, 0.29) is 24.1 Å². The summed E-state index contributed by atoms with van der Waals surface area (Å²) < 4.78 is 40.8. The van der Waals surface area contributed by atoms with Gasteiger partial charge in [-0.25, -0.2) is 9.97 Å². The number of halogens is 3. The van der Waals surface area contributed by atoms with Crippen LogP contribution in [0.2, 0.25) is 0 Å². The molecule has 0 aliphatic carbocycles. The number of aromatic nitrogens is 2. The number of carbonyl (C=O) groups is 1. The molecule has 36 heavy (non-hydrogen) atoms. The number of alkyl halides is 3. The first-order valence-electron chi connectivity index (χ1n) is 11.9. The van der Waals surface area contributed by atoms with E-state index < -0.39 is 18.0 Å². The van der Waals surface area contributed by atoms with Gasteiger partial charge in [0.1, 0.15) is 17.7 Å². The zero-order chi connectivity index (χ0) is 25.7. The highest BCUT2D eigenvalue weighted by Crippen LogP contribution is 2.33. The van der Waals surface area contributed by atoms with Gasteiger partial charge in [0, 0.05) is 51.9 Å². The first-order chi connectivity index (χ1) is 17.3. The largest absolute Gasteiger partial charge is 0.451 e. The molecule has 1 atom stereocenters. The topological polar surface area (TPSA) is 109 Å². The van der Waals surface area contributed by atoms with E-state index in [4.69, 9.17) is 10.4 Å². The third-order valence-electron chi connectivity index (χ3n) is 6.48. The second-order valence-corrected chi connectivity index (χ2v) is 8.81. The summed E-state index contributed by atoms with van der Waals surface area (Å²) in [4.78, 5) is 25.7. The lowest BCUT2D eigenvalue weighted by Crippen LogP contribution is -2.57. The molecule has 0 radical (unpaired) electrons. The van der Waals surface area contributed by atoms with Gasteiger partial charge in [0.15, 0.2) is 0 Å². The summed E-state index contributed by atoms with van der Waals surface area (Å²) in [7, 11) is 0. The van der Waals surface area contributed by atoms with Crippen LogP contribution >= 0.6 is 0 Å². The molecule has 2 fully saturated rings. The molecule has 4 rings (SSSR count). The summed E-state index contributed by atoms with van der Waals surface area (Å²) in [6, 6.07) is 10.0. The molecule has 0 spiro atoms. The number of benzene rings is 1. The minimum atomic E-state index is -4.72. The fraction of sp³-hybridized carbons (Fsp3) is 0.500. The summed E-state index contributed by atoms with van der Waals surface area (Å²) in [6.07, 6.45) is -3.63. The second kappa shape index (κ2) is 11.1. The summed E-state index contributed by atoms with van der Waals surface area (Å²) in [5, 5.41) is 20.8. The van der Waals surface area contributed by atoms with Crippen LogP contribution in [0.5, 0.6) is 0 Å². The number of aliphatic hydroxyl groups excluding tert-OH is 1. The molecule has 2 aliphatic rings. The molecule has 0 saturated carbocycles. The van der Waals surface area contributed by atoms with E-state index in [1.54, 1.807) is 21.9 Å². The standard InChI is InChI=1S/C24H28F3N7O2/c25-24(26,27)23-30-20(33-11-9-32(10-12-33)13-14-35)15-21(31-23)34-8-6-19(34)22(36)29-7-5-17-1-3-18(16-28)4-2-17/h1-4,15,19,35H,5-14H2,(H,29,36). The summed E-state index contributed by atoms with van der Waals surface area (Å²) >= 11 is 0. The number of nitriles is 1. The number of anilines is 2. The van der Waals surface area contributed by atoms with Gasteiger partial charge < -0.3 is 20.2 Å². The van der Waals surface area contributed by atoms with Gasteiger partial charge in [0.25, 0.3) is 0 Å². The normalized spacial score (nSPS) is 18.5. The van der Waals surface area contributed by atoms with Crippen molar-refractivity contribution in [2.75, 3.05) is 62.2 Å². The molecule has 0 bridgehead atoms. The summed E-state index contributed by atoms with van der Waals surface area (Å²) in [5.74, 6) is -1.22. The summed E-state index contributed by atoms with van der Waals surface area (Å²) in [5.41, 5.74) is 1.52. The number of rotatable bonds is 8. The highest BCUT2D eigenvalue weighted by Gasteiger charge is 2.40. The van der Waals surface area contributed by atoms with Crippen molar-refractivity contribution in [3.8, 4) is 6.07 Å². The molecular weight excluding hydrogens is 475 g/mol. The van der Waals surface area contributed by atoms with Crippen LogP contribution in [-0.4, -0.2) is 84.3 Å². The molecule has 2 aliphatic heterocycles. The van der Waals surface area contributed by atoms with E-state index in [1.165, 1.54) is 6.07 Å². The lowest BCUT2D eigenvalue weighted by molar-refractivity contribution is -0.144. The monoisotopic (exact) mass is 503 g/mol. The molecular formula is C24H28F3N7O2. The number of β-amino-alcohol motifs (C(OH)–C–C–N with tert-alkyl or cyclic N) is 1. The van der Waals surface area contributed by atoms with E-state index in [1.807, 2.05) is 17.0 Å². The van der Waals surface area contributed by atoms with Crippen LogP contribution in [0.25, 0.3) is 0 Å². The predicted octanol–water partition coefficient (Wildman–Crippen LogP) is 1.42. The molecule has 192 valence electrons. The van der Waals surface area contributed by atoms with Gasteiger partial charge in [0.2, 0.25) is 11.7 Å². The van der Waals surface area contributed by atoms with E-state index in [0.717, 1.165) is 5.56 Å². The van der Waals surface area contributed by atoms with Gasteiger partial charge in [-0.05, 0) is 30.5 Å². The van der Waals surface area contributed by atoms with Gasteiger partial charge in [-0.1, -0.05) is 12.1 Å². The molecule has 1 aromatic carbocycles. The van der Waals surface area contributed by atoms with E-state index in [2.05, 4.69) is 21.4 Å². The van der Waals surface area contributed by atoms with Gasteiger partial charge in [-0.3, -0.25) is 9.69 Å². The number of hydrogen-bond acceptors (Lipinski definition) is 8. The predicted molar refractivity (Wildman–Crippen MR) is 126 cm³/mol. The van der Waals surface area contributed by atoms with Crippen molar-refractivity contribution in [2.24, 2.45) is 0 Å². The maximum Gasteiger partial charge on any atom is 0.451 e. The van der Waals surface area contributed by atoms with Crippen molar-refractivity contribution >= 4 is 17.5 Å². The van der Waals surface area contributed by atoms with Crippen LogP contribution in [0.4, 0.5) is 24.8 Å². The molecule has 1 aromatic heterocycles. The van der Waals surface area contributed by atoms with Gasteiger partial charge in [0.05, 0.1) is 18.2 Å². The third kappa shape index (κ3) is 6.03. The zero-order valence-corrected chi connectivity index (χ0v) is 19.7. The lowest BCUT2D eigenvalue weighted by Gasteiger charge is -2.41. The van der Waals surface area contributed by atoms with Crippen LogP contribution in [0.3, 0.4) is 0 Å². The molecule has 2 aromatic rings. The Morgan fingerprint density at radius 2 is 1.81 bits per heavy atom. The Kier molecular flexibility index (Phi) is 7.91. The van der Waals surface area contributed by atoms with E-state index >= 15 is 0 Å². The number of piperazine rings is 1. The Balaban J connectivity index is 1.42. The lowest BCUT2D eigenvalue weighted by atomic mass is 10.0. The Morgan fingerprint density at radius 1 is 1.11 bits per heavy atom. The molecule has 2 N–H and O–H groups in total. The van der Waals surface area contributed by atoms with Crippen molar-refractivity contribution in [1.82, 2.24) is 20.2 Å². The molecule has 1 unspecified atom stereocenters. The quantitative estimate of drug-likeness (QED) is 0.557. The molecule has 3 heterocycles. The molecule has 2 saturated heterocycles. The van der Waals surface area contributed by atoms with Gasteiger partial charge in [-0.15, -0.1) is 0 Å². The van der Waals surface area contributed by atoms with Crippen LogP contribution in [0.15, 0.2) is 30.3 Å². The Hall–Kier alpha value is -3.43. The van der Waals surface area contributed by atoms with Crippen molar-refractivity contribution in [3.05, 3.63) is 47.3 Å². The fourth-order valence-electron chi connectivity index (χ4n) is 4.33. The van der Waals surface area contributed by atoms with Gasteiger partial charge in [-0.2, -0.15) is 18.4 Å². The first kappa shape index (κ1) is 25.7. The maximum absolute atomic E-state index is 13.6. The number of amides is 1. The third-order valence-corrected chi connectivity index (χ3v) is 6.48. The Labute approximate surface area is 207 Å². The number of aliphatic hydroxyl groups is 1. The maximum atomic E-state index is 13.6. The van der Waals surface area contributed by atoms with Crippen molar-refractivity contribution in [1.29, 1.82) is 5.26 Å². The second-order valence-electron chi connectivity index (χ2n) is 8.81. The minimum Gasteiger partial charge on any atom is -0.395 e. The van der Waals surface area contributed by atoms with Crippen LogP contribution < -0.4 is 15.1 Å². The van der Waals surface area contributed by atoms with Crippen LogP contribution in [0, 0.1) is 11.3 Å². The average molecular weight is 504 g/mol. The van der Waals surface area contributed by atoms with Crippen molar-refractivity contribution < 1.29 is 23.1 Å². The van der Waals surface area contributed by atoms with Gasteiger partial charge >= 0.3 is 6.18 Å². The van der Waals surface area contributed by atoms with E-state index in [0.29, 0.717) is 64.2 Å². The SMILES string of the molecule is N#Cc1ccc(CCNC(=O)C2CCN2c2cc(N3CCN(CCO)CC3)nc(C(F)(F)F)n2)cc1. The minimum absolute atomic E-state index is 0.0295. The highest BCUT2D eigenvalue weighted by atomic mass is 19.4. The van der Waals surface area contributed by atoms with E-state index in [9.17, 15) is 18.0 Å². The van der Waals surface area contributed by atoms with Crippen LogP contribution in [0.1, 0.15) is 23.4 Å².